The van der Waals surface area contributed by atoms with Crippen LogP contribution in [0.25, 0.3) is 10.6 Å². The number of carboxylic acids is 1. The second-order valence-corrected chi connectivity index (χ2v) is 5.10. The summed E-state index contributed by atoms with van der Waals surface area (Å²) >= 11 is 1.50. The monoisotopic (exact) mass is 261 g/mol. The molecule has 0 amide bonds. The lowest BCUT2D eigenvalue weighted by atomic mass is 10.0. The third-order valence-corrected chi connectivity index (χ3v) is 3.76. The van der Waals surface area contributed by atoms with E-state index in [1.165, 1.54) is 16.9 Å². The number of nitrogens with zero attached hydrogens (tertiary/aromatic N) is 1. The quantitative estimate of drug-likeness (QED) is 0.913. The summed E-state index contributed by atoms with van der Waals surface area (Å²) in [5.41, 5.74) is 2.88. The largest absolute Gasteiger partial charge is 0.481 e. The molecule has 2 rings (SSSR count). The summed E-state index contributed by atoms with van der Waals surface area (Å²) in [7, 11) is 0. The van der Waals surface area contributed by atoms with Crippen molar-refractivity contribution >= 4 is 17.3 Å². The van der Waals surface area contributed by atoms with Gasteiger partial charge in [0.25, 0.3) is 0 Å². The molecular weight excluding hydrogens is 246 g/mol. The molecule has 1 aromatic heterocycles. The Balaban J connectivity index is 2.33. The Morgan fingerprint density at radius 1 is 1.50 bits per heavy atom. The summed E-state index contributed by atoms with van der Waals surface area (Å²) in [5, 5.41) is 11.8. The van der Waals surface area contributed by atoms with Crippen molar-refractivity contribution in [2.75, 3.05) is 0 Å². The summed E-state index contributed by atoms with van der Waals surface area (Å²) in [6.45, 7) is 3.90. The zero-order valence-corrected chi connectivity index (χ0v) is 11.2. The van der Waals surface area contributed by atoms with Crippen LogP contribution < -0.4 is 0 Å². The van der Waals surface area contributed by atoms with Crippen molar-refractivity contribution in [3.8, 4) is 10.6 Å². The summed E-state index contributed by atoms with van der Waals surface area (Å²) in [6, 6.07) is 8.08. The molecule has 1 N–H and O–H groups in total. The van der Waals surface area contributed by atoms with E-state index in [2.05, 4.69) is 11.1 Å². The van der Waals surface area contributed by atoms with Gasteiger partial charge in [0, 0.05) is 10.9 Å². The molecule has 1 unspecified atom stereocenters. The molecular formula is C14H15NO2S. The molecule has 0 fully saturated rings. The minimum absolute atomic E-state index is 0.500. The minimum Gasteiger partial charge on any atom is -0.481 e. The highest BCUT2D eigenvalue weighted by Crippen LogP contribution is 2.28. The first kappa shape index (κ1) is 12.8. The van der Waals surface area contributed by atoms with E-state index in [1.54, 1.807) is 0 Å². The van der Waals surface area contributed by atoms with Crippen LogP contribution in [0.4, 0.5) is 0 Å². The highest BCUT2D eigenvalue weighted by molar-refractivity contribution is 7.13. The topological polar surface area (TPSA) is 50.2 Å². The Hall–Kier alpha value is -1.68. The molecule has 0 spiro atoms. The van der Waals surface area contributed by atoms with Crippen LogP contribution in [0.2, 0.25) is 0 Å². The summed E-state index contributed by atoms with van der Waals surface area (Å²) in [4.78, 5) is 15.5. The van der Waals surface area contributed by atoms with E-state index in [1.807, 2.05) is 37.4 Å². The Morgan fingerprint density at radius 2 is 2.28 bits per heavy atom. The normalized spacial score (nSPS) is 12.3. The highest BCUT2D eigenvalue weighted by atomic mass is 32.1. The molecule has 1 heterocycles. The lowest BCUT2D eigenvalue weighted by Crippen LogP contribution is -2.10. The fourth-order valence-corrected chi connectivity index (χ4v) is 2.74. The number of hydrogen-bond donors (Lipinski definition) is 1. The molecule has 0 aliphatic carbocycles. The van der Waals surface area contributed by atoms with Gasteiger partial charge in [0.1, 0.15) is 5.01 Å². The van der Waals surface area contributed by atoms with Crippen LogP contribution in [-0.4, -0.2) is 16.1 Å². The lowest BCUT2D eigenvalue weighted by Gasteiger charge is -2.05. The molecule has 4 heteroatoms. The second kappa shape index (κ2) is 5.31. The average molecular weight is 261 g/mol. The van der Waals surface area contributed by atoms with Crippen LogP contribution in [-0.2, 0) is 4.79 Å². The molecule has 0 aliphatic heterocycles. The molecule has 0 radical (unpaired) electrons. The molecule has 2 aromatic rings. The van der Waals surface area contributed by atoms with Crippen molar-refractivity contribution in [1.82, 2.24) is 4.98 Å². The zero-order valence-electron chi connectivity index (χ0n) is 10.4. The summed E-state index contributed by atoms with van der Waals surface area (Å²) in [5.74, 6) is -1.31. The predicted molar refractivity (Wildman–Crippen MR) is 73.0 cm³/mol. The second-order valence-electron chi connectivity index (χ2n) is 4.25. The van der Waals surface area contributed by atoms with E-state index < -0.39 is 11.9 Å². The van der Waals surface area contributed by atoms with Crippen molar-refractivity contribution in [3.05, 3.63) is 40.9 Å². The fraction of sp³-hybridized carbons (Fsp3) is 0.286. The smallest absolute Gasteiger partial charge is 0.312 e. The van der Waals surface area contributed by atoms with Gasteiger partial charge in [-0.25, -0.2) is 4.98 Å². The Kier molecular flexibility index (Phi) is 3.77. The van der Waals surface area contributed by atoms with Gasteiger partial charge in [-0.1, -0.05) is 30.7 Å². The number of rotatable bonds is 4. The van der Waals surface area contributed by atoms with Crippen LogP contribution in [0.3, 0.4) is 0 Å². The number of carbonyl (C=O) groups is 1. The molecule has 94 valence electrons. The fourth-order valence-electron chi connectivity index (χ4n) is 1.87. The van der Waals surface area contributed by atoms with Gasteiger partial charge in [0.2, 0.25) is 0 Å². The number of benzene rings is 1. The van der Waals surface area contributed by atoms with Crippen molar-refractivity contribution < 1.29 is 9.90 Å². The molecule has 1 aromatic carbocycles. The maximum Gasteiger partial charge on any atom is 0.312 e. The summed E-state index contributed by atoms with van der Waals surface area (Å²) < 4.78 is 0. The van der Waals surface area contributed by atoms with Crippen LogP contribution in [0.1, 0.15) is 30.5 Å². The van der Waals surface area contributed by atoms with Gasteiger partial charge in [0.15, 0.2) is 0 Å². The van der Waals surface area contributed by atoms with Gasteiger partial charge < -0.3 is 5.11 Å². The minimum atomic E-state index is -0.807. The van der Waals surface area contributed by atoms with E-state index >= 15 is 0 Å². The molecule has 0 aliphatic rings. The number of hydrogen-bond acceptors (Lipinski definition) is 3. The van der Waals surface area contributed by atoms with E-state index in [9.17, 15) is 4.79 Å². The lowest BCUT2D eigenvalue weighted by molar-refractivity contribution is -0.138. The number of carboxylic acid groups (broad SMARTS) is 1. The first-order valence-corrected chi connectivity index (χ1v) is 6.75. The first-order valence-electron chi connectivity index (χ1n) is 5.87. The van der Waals surface area contributed by atoms with Gasteiger partial charge in [-0.3, -0.25) is 4.79 Å². The number of thiazole rings is 1. The first-order chi connectivity index (χ1) is 8.61. The third-order valence-electron chi connectivity index (χ3n) is 2.85. The van der Waals surface area contributed by atoms with Crippen LogP contribution in [0.15, 0.2) is 29.6 Å². The maximum absolute atomic E-state index is 11.1. The summed E-state index contributed by atoms with van der Waals surface area (Å²) in [6.07, 6.45) is 0.562. The van der Waals surface area contributed by atoms with Crippen molar-refractivity contribution in [2.24, 2.45) is 0 Å². The zero-order chi connectivity index (χ0) is 13.1. The number of aryl methyl sites for hydroxylation is 1. The predicted octanol–water partition coefficient (Wildman–Crippen LogP) is 3.70. The average Bonchev–Trinajstić information content (AvgIpc) is 2.79. The maximum atomic E-state index is 11.1. The van der Waals surface area contributed by atoms with Gasteiger partial charge in [-0.05, 0) is 19.4 Å². The van der Waals surface area contributed by atoms with E-state index in [0.29, 0.717) is 12.1 Å². The molecule has 0 saturated carbocycles. The highest BCUT2D eigenvalue weighted by Gasteiger charge is 2.20. The van der Waals surface area contributed by atoms with E-state index in [0.717, 1.165) is 10.6 Å². The Bertz CT molecular complexity index is 562. The van der Waals surface area contributed by atoms with Crippen LogP contribution >= 0.6 is 11.3 Å². The SMILES string of the molecule is CCC(C(=O)O)c1csc(-c2cccc(C)c2)n1. The molecule has 0 saturated heterocycles. The Labute approximate surface area is 110 Å². The van der Waals surface area contributed by atoms with Gasteiger partial charge in [-0.15, -0.1) is 11.3 Å². The molecule has 3 nitrogen and oxygen atoms in total. The van der Waals surface area contributed by atoms with Crippen LogP contribution in [0, 0.1) is 6.92 Å². The molecule has 0 bridgehead atoms. The third kappa shape index (κ3) is 2.59. The van der Waals surface area contributed by atoms with Gasteiger partial charge in [0.05, 0.1) is 11.6 Å². The number of aliphatic carboxylic acids is 1. The molecule has 18 heavy (non-hydrogen) atoms. The number of aromatic nitrogens is 1. The van der Waals surface area contributed by atoms with Crippen molar-refractivity contribution in [1.29, 1.82) is 0 Å². The molecule has 1 atom stereocenters. The van der Waals surface area contributed by atoms with E-state index in [-0.39, 0.29) is 0 Å². The van der Waals surface area contributed by atoms with Crippen LogP contribution in [0.5, 0.6) is 0 Å². The van der Waals surface area contributed by atoms with Gasteiger partial charge >= 0.3 is 5.97 Å². The van der Waals surface area contributed by atoms with E-state index in [4.69, 9.17) is 5.11 Å². The van der Waals surface area contributed by atoms with Crippen molar-refractivity contribution in [3.63, 3.8) is 0 Å². The van der Waals surface area contributed by atoms with Gasteiger partial charge in [-0.2, -0.15) is 0 Å². The van der Waals surface area contributed by atoms with Crippen molar-refractivity contribution in [2.45, 2.75) is 26.2 Å². The Morgan fingerprint density at radius 3 is 2.89 bits per heavy atom. The standard InChI is InChI=1S/C14H15NO2S/c1-3-11(14(16)17)12-8-18-13(15-12)10-6-4-5-9(2)7-10/h4-8,11H,3H2,1-2H3,(H,16,17).